The van der Waals surface area contributed by atoms with Crippen molar-refractivity contribution in [3.05, 3.63) is 17.5 Å². The Bertz CT molecular complexity index is 240. The molecular formula is C5H4ClN3O. The number of nitrogens with zero attached hydrogens (tertiary/aromatic N) is 2. The van der Waals surface area contributed by atoms with Crippen LogP contribution in [-0.4, -0.2) is 16.4 Å². The number of halogens is 1. The molecule has 0 bridgehead atoms. The Kier molecular flexibility index (Phi) is 2.17. The zero-order valence-corrected chi connectivity index (χ0v) is 5.67. The Balaban J connectivity index is 2.84. The van der Waals surface area contributed by atoms with Crippen molar-refractivity contribution >= 4 is 23.8 Å². The lowest BCUT2D eigenvalue weighted by Crippen LogP contribution is -1.96. The molecule has 1 aromatic rings. The molecule has 1 heterocycles. The minimum Gasteiger partial charge on any atom is -0.312 e. The number of anilines is 1. The second-order valence-corrected chi connectivity index (χ2v) is 1.88. The van der Waals surface area contributed by atoms with Crippen LogP contribution in [0.5, 0.6) is 0 Å². The normalized spacial score (nSPS) is 8.90. The van der Waals surface area contributed by atoms with Gasteiger partial charge < -0.3 is 5.32 Å². The summed E-state index contributed by atoms with van der Waals surface area (Å²) >= 11 is 5.45. The summed E-state index contributed by atoms with van der Waals surface area (Å²) in [4.78, 5) is 17.3. The third kappa shape index (κ3) is 1.66. The fraction of sp³-hybridized carbons (Fsp3) is 0. The van der Waals surface area contributed by atoms with Gasteiger partial charge in [-0.05, 0) is 0 Å². The number of rotatable bonds is 2. The van der Waals surface area contributed by atoms with E-state index >= 15 is 0 Å². The van der Waals surface area contributed by atoms with Crippen molar-refractivity contribution in [2.24, 2.45) is 0 Å². The van der Waals surface area contributed by atoms with E-state index in [4.69, 9.17) is 11.6 Å². The van der Waals surface area contributed by atoms with Crippen LogP contribution in [0.3, 0.4) is 0 Å². The number of carbonyl (C=O) groups is 1. The van der Waals surface area contributed by atoms with E-state index in [-0.39, 0.29) is 5.15 Å². The van der Waals surface area contributed by atoms with Gasteiger partial charge in [0.1, 0.15) is 5.15 Å². The number of nitrogens with one attached hydrogen (secondary N) is 1. The Morgan fingerprint density at radius 1 is 1.60 bits per heavy atom. The number of amides is 1. The quantitative estimate of drug-likeness (QED) is 0.643. The van der Waals surface area contributed by atoms with Gasteiger partial charge in [-0.2, -0.15) is 0 Å². The summed E-state index contributed by atoms with van der Waals surface area (Å²) < 4.78 is 0. The van der Waals surface area contributed by atoms with E-state index in [2.05, 4.69) is 15.3 Å². The molecule has 0 saturated carbocycles. The number of aromatic nitrogens is 2. The summed E-state index contributed by atoms with van der Waals surface area (Å²) in [6.07, 6.45) is 3.30. The van der Waals surface area contributed by atoms with Gasteiger partial charge in [-0.1, -0.05) is 11.6 Å². The minimum absolute atomic E-state index is 0.256. The first kappa shape index (κ1) is 6.95. The first-order valence-electron chi connectivity index (χ1n) is 2.50. The molecule has 1 amide bonds. The molecule has 0 unspecified atom stereocenters. The van der Waals surface area contributed by atoms with E-state index in [1.54, 1.807) is 0 Å². The standard InChI is InChI=1S/C5H4ClN3O/c6-4-1-7-2-5(9-4)8-3-10/h1-3H,(H,8,9,10). The molecule has 1 N–H and O–H groups in total. The number of carbonyl (C=O) groups excluding carboxylic acids is 1. The second kappa shape index (κ2) is 3.12. The van der Waals surface area contributed by atoms with E-state index in [0.29, 0.717) is 12.2 Å². The molecule has 1 rings (SSSR count). The summed E-state index contributed by atoms with van der Waals surface area (Å²) in [5.41, 5.74) is 0. The molecule has 0 spiro atoms. The van der Waals surface area contributed by atoms with Crippen molar-refractivity contribution < 1.29 is 4.79 Å². The van der Waals surface area contributed by atoms with E-state index in [1.807, 2.05) is 0 Å². The lowest BCUT2D eigenvalue weighted by molar-refractivity contribution is -0.105. The third-order valence-corrected chi connectivity index (χ3v) is 0.994. The largest absolute Gasteiger partial charge is 0.312 e. The van der Waals surface area contributed by atoms with Crippen molar-refractivity contribution in [2.45, 2.75) is 0 Å². The van der Waals surface area contributed by atoms with Gasteiger partial charge in [0, 0.05) is 0 Å². The maximum absolute atomic E-state index is 9.86. The molecule has 1 aromatic heterocycles. The highest BCUT2D eigenvalue weighted by Crippen LogP contribution is 2.04. The molecule has 0 aliphatic rings. The van der Waals surface area contributed by atoms with Crippen LogP contribution >= 0.6 is 11.6 Å². The Morgan fingerprint density at radius 2 is 2.40 bits per heavy atom. The average Bonchev–Trinajstić information content (AvgIpc) is 1.88. The average molecular weight is 158 g/mol. The van der Waals surface area contributed by atoms with Gasteiger partial charge in [0.05, 0.1) is 12.4 Å². The molecule has 0 radical (unpaired) electrons. The van der Waals surface area contributed by atoms with Crippen LogP contribution in [0.15, 0.2) is 12.4 Å². The maximum Gasteiger partial charge on any atom is 0.212 e. The molecule has 0 aliphatic carbocycles. The maximum atomic E-state index is 9.86. The molecule has 0 atom stereocenters. The van der Waals surface area contributed by atoms with Crippen LogP contribution in [0.2, 0.25) is 5.15 Å². The van der Waals surface area contributed by atoms with Crippen molar-refractivity contribution in [2.75, 3.05) is 5.32 Å². The first-order valence-corrected chi connectivity index (χ1v) is 2.88. The molecule has 0 aromatic carbocycles. The smallest absolute Gasteiger partial charge is 0.212 e. The molecule has 52 valence electrons. The lowest BCUT2D eigenvalue weighted by atomic mass is 10.7. The van der Waals surface area contributed by atoms with Gasteiger partial charge in [0.2, 0.25) is 6.41 Å². The van der Waals surface area contributed by atoms with Crippen LogP contribution in [-0.2, 0) is 4.79 Å². The van der Waals surface area contributed by atoms with E-state index in [1.165, 1.54) is 12.4 Å². The summed E-state index contributed by atoms with van der Waals surface area (Å²) in [5, 5.41) is 2.57. The lowest BCUT2D eigenvalue weighted by Gasteiger charge is -1.94. The van der Waals surface area contributed by atoms with Gasteiger partial charge in [-0.15, -0.1) is 0 Å². The highest BCUT2D eigenvalue weighted by molar-refractivity contribution is 6.29. The van der Waals surface area contributed by atoms with Gasteiger partial charge in [-0.25, -0.2) is 4.98 Å². The fourth-order valence-corrected chi connectivity index (χ4v) is 0.619. The molecular weight excluding hydrogens is 154 g/mol. The SMILES string of the molecule is O=CNc1cncc(Cl)n1. The van der Waals surface area contributed by atoms with Crippen molar-refractivity contribution in [1.29, 1.82) is 0 Å². The second-order valence-electron chi connectivity index (χ2n) is 1.49. The van der Waals surface area contributed by atoms with Crippen LogP contribution in [0.25, 0.3) is 0 Å². The fourth-order valence-electron chi connectivity index (χ4n) is 0.472. The zero-order valence-electron chi connectivity index (χ0n) is 4.91. The predicted molar refractivity (Wildman–Crippen MR) is 36.7 cm³/mol. The van der Waals surface area contributed by atoms with E-state index in [0.717, 1.165) is 0 Å². The van der Waals surface area contributed by atoms with Crippen molar-refractivity contribution in [3.63, 3.8) is 0 Å². The summed E-state index contributed by atoms with van der Waals surface area (Å²) in [6, 6.07) is 0. The molecule has 5 heteroatoms. The number of hydrogen-bond donors (Lipinski definition) is 1. The summed E-state index contributed by atoms with van der Waals surface area (Å²) in [6.45, 7) is 0. The zero-order chi connectivity index (χ0) is 7.40. The molecule has 10 heavy (non-hydrogen) atoms. The Morgan fingerprint density at radius 3 is 3.00 bits per heavy atom. The van der Waals surface area contributed by atoms with Crippen LogP contribution in [0.4, 0.5) is 5.82 Å². The highest BCUT2D eigenvalue weighted by atomic mass is 35.5. The van der Waals surface area contributed by atoms with Gasteiger partial charge in [0.15, 0.2) is 5.82 Å². The van der Waals surface area contributed by atoms with Crippen LogP contribution in [0.1, 0.15) is 0 Å². The predicted octanol–water partition coefficient (Wildman–Crippen LogP) is 0.698. The number of hydrogen-bond acceptors (Lipinski definition) is 3. The van der Waals surface area contributed by atoms with Crippen molar-refractivity contribution in [1.82, 2.24) is 9.97 Å². The van der Waals surface area contributed by atoms with Crippen molar-refractivity contribution in [3.8, 4) is 0 Å². The first-order chi connectivity index (χ1) is 4.83. The minimum atomic E-state index is 0.256. The van der Waals surface area contributed by atoms with Gasteiger partial charge >= 0.3 is 0 Å². The Hall–Kier alpha value is -1.16. The molecule has 4 nitrogen and oxygen atoms in total. The van der Waals surface area contributed by atoms with Crippen LogP contribution < -0.4 is 5.32 Å². The molecule has 0 saturated heterocycles. The highest BCUT2D eigenvalue weighted by Gasteiger charge is 1.91. The monoisotopic (exact) mass is 157 g/mol. The third-order valence-electron chi connectivity index (χ3n) is 0.812. The molecule has 0 fully saturated rings. The van der Waals surface area contributed by atoms with E-state index < -0.39 is 0 Å². The van der Waals surface area contributed by atoms with Gasteiger partial charge in [-0.3, -0.25) is 9.78 Å². The summed E-state index contributed by atoms with van der Waals surface area (Å²) in [5.74, 6) is 0.350. The topological polar surface area (TPSA) is 54.9 Å². The molecule has 0 aliphatic heterocycles. The van der Waals surface area contributed by atoms with E-state index in [9.17, 15) is 4.79 Å². The Labute approximate surface area is 62.3 Å². The van der Waals surface area contributed by atoms with Gasteiger partial charge in [0.25, 0.3) is 0 Å². The summed E-state index contributed by atoms with van der Waals surface area (Å²) in [7, 11) is 0. The van der Waals surface area contributed by atoms with Crippen LogP contribution in [0, 0.1) is 0 Å².